The number of aliphatic hydroxyl groups is 1. The molecule has 0 amide bonds. The molecule has 0 aliphatic rings. The van der Waals surface area contributed by atoms with E-state index in [1.54, 1.807) is 6.07 Å². The number of aliphatic hydroxyl groups excluding tert-OH is 1. The lowest BCUT2D eigenvalue weighted by atomic mass is 10.4. The Morgan fingerprint density at radius 2 is 2.47 bits per heavy atom. The van der Waals surface area contributed by atoms with Gasteiger partial charge in [0, 0.05) is 10.6 Å². The lowest BCUT2D eigenvalue weighted by molar-refractivity contribution is 0.0587. The third-order valence-electron chi connectivity index (χ3n) is 1.90. The van der Waals surface area contributed by atoms with Crippen LogP contribution in [-0.4, -0.2) is 22.8 Å². The summed E-state index contributed by atoms with van der Waals surface area (Å²) in [4.78, 5) is 13.8. The minimum Gasteiger partial charge on any atom is -0.464 e. The van der Waals surface area contributed by atoms with Crippen LogP contribution in [0, 0.1) is 0 Å². The molecule has 0 saturated heterocycles. The number of nitrogens with zero attached hydrogens (tertiary/aromatic N) is 4. The van der Waals surface area contributed by atoms with E-state index in [2.05, 4.69) is 14.8 Å². The molecule has 1 rings (SSSR count). The second-order valence-electron chi connectivity index (χ2n) is 2.66. The van der Waals surface area contributed by atoms with Crippen molar-refractivity contribution < 1.29 is 14.6 Å². The van der Waals surface area contributed by atoms with Crippen molar-refractivity contribution >= 4 is 5.97 Å². The van der Waals surface area contributed by atoms with Crippen LogP contribution >= 0.6 is 0 Å². The number of carbonyl (C=O) groups excluding carboxylic acids is 1. The average Bonchev–Trinajstić information content (AvgIpc) is 2.67. The van der Waals surface area contributed by atoms with Gasteiger partial charge in [0.2, 0.25) is 0 Å². The maximum Gasteiger partial charge on any atom is 0.354 e. The van der Waals surface area contributed by atoms with E-state index in [9.17, 15) is 4.79 Å². The number of ether oxygens (including phenoxy) is 1. The van der Waals surface area contributed by atoms with E-state index in [0.29, 0.717) is 5.69 Å². The first kappa shape index (κ1) is 11.1. The molecule has 0 saturated carbocycles. The fourth-order valence-corrected chi connectivity index (χ4v) is 1.19. The van der Waals surface area contributed by atoms with E-state index >= 15 is 0 Å². The van der Waals surface area contributed by atoms with Gasteiger partial charge in [-0.1, -0.05) is 5.11 Å². The number of hydrogen-bond acceptors (Lipinski definition) is 4. The Labute approximate surface area is 85.5 Å². The molecule has 0 aliphatic carbocycles. The molecule has 0 fully saturated rings. The van der Waals surface area contributed by atoms with E-state index < -0.39 is 5.97 Å². The summed E-state index contributed by atoms with van der Waals surface area (Å²) in [5, 5.41) is 12.3. The lowest BCUT2D eigenvalue weighted by Crippen LogP contribution is -2.12. The van der Waals surface area contributed by atoms with Gasteiger partial charge < -0.3 is 14.4 Å². The molecule has 0 aliphatic heterocycles. The Morgan fingerprint density at radius 3 is 3.00 bits per heavy atom. The minimum absolute atomic E-state index is 0.0518. The van der Waals surface area contributed by atoms with Crippen molar-refractivity contribution in [2.45, 2.75) is 13.3 Å². The quantitative estimate of drug-likeness (QED) is 0.347. The van der Waals surface area contributed by atoms with Crippen LogP contribution in [0.4, 0.5) is 0 Å². The molecule has 7 nitrogen and oxygen atoms in total. The zero-order valence-electron chi connectivity index (χ0n) is 8.12. The molecular formula is C8H10N4O3. The summed E-state index contributed by atoms with van der Waals surface area (Å²) in [6.07, 6.45) is 0. The van der Waals surface area contributed by atoms with Crippen molar-refractivity contribution in [1.29, 1.82) is 0 Å². The van der Waals surface area contributed by atoms with Crippen LogP contribution in [0.2, 0.25) is 0 Å². The molecule has 7 heteroatoms. The number of aromatic nitrogens is 1. The average molecular weight is 210 g/mol. The van der Waals surface area contributed by atoms with Gasteiger partial charge in [0.25, 0.3) is 0 Å². The van der Waals surface area contributed by atoms with E-state index in [-0.39, 0.29) is 19.0 Å². The zero-order valence-corrected chi connectivity index (χ0v) is 8.12. The Balaban J connectivity index is 3.10. The maximum absolute atomic E-state index is 11.3. The molecule has 1 heterocycles. The molecule has 0 unspecified atom stereocenters. The topological polar surface area (TPSA) is 100 Å². The fourth-order valence-electron chi connectivity index (χ4n) is 1.19. The number of esters is 1. The fraction of sp³-hybridized carbons (Fsp3) is 0.375. The van der Waals surface area contributed by atoms with Crippen LogP contribution < -0.4 is 0 Å². The maximum atomic E-state index is 11.3. The molecule has 1 aromatic heterocycles. The van der Waals surface area contributed by atoms with Crippen LogP contribution in [0.25, 0.3) is 10.4 Å². The van der Waals surface area contributed by atoms with Crippen LogP contribution in [0.5, 0.6) is 0 Å². The van der Waals surface area contributed by atoms with Crippen molar-refractivity contribution in [3.8, 4) is 0 Å². The summed E-state index contributed by atoms with van der Waals surface area (Å²) in [7, 11) is 1.26. The summed E-state index contributed by atoms with van der Waals surface area (Å²) in [6.45, 7) is -0.290. The van der Waals surface area contributed by atoms with Gasteiger partial charge in [-0.25, -0.2) is 4.79 Å². The summed E-state index contributed by atoms with van der Waals surface area (Å²) in [6, 6.07) is 3.07. The molecule has 0 radical (unpaired) electrons. The Morgan fingerprint density at radius 1 is 1.73 bits per heavy atom. The second kappa shape index (κ2) is 5.04. The highest BCUT2D eigenvalue weighted by atomic mass is 16.5. The Hall–Kier alpha value is -1.98. The summed E-state index contributed by atoms with van der Waals surface area (Å²) < 4.78 is 5.93. The van der Waals surface area contributed by atoms with Crippen LogP contribution in [0.1, 0.15) is 16.2 Å². The predicted octanol–water partition coefficient (Wildman–Crippen LogP) is 1.03. The van der Waals surface area contributed by atoms with Crippen LogP contribution in [0.15, 0.2) is 17.2 Å². The first-order chi connectivity index (χ1) is 7.24. The van der Waals surface area contributed by atoms with E-state index in [1.165, 1.54) is 17.7 Å². The van der Waals surface area contributed by atoms with Gasteiger partial charge in [0.05, 0.1) is 13.7 Å². The number of methoxy groups -OCH3 is 1. The summed E-state index contributed by atoms with van der Waals surface area (Å²) >= 11 is 0. The molecule has 1 aromatic rings. The van der Waals surface area contributed by atoms with E-state index in [4.69, 9.17) is 10.6 Å². The molecule has 0 aromatic carbocycles. The molecule has 1 N–H and O–H groups in total. The van der Waals surface area contributed by atoms with E-state index in [1.807, 2.05) is 0 Å². The largest absolute Gasteiger partial charge is 0.464 e. The highest BCUT2D eigenvalue weighted by Crippen LogP contribution is 2.11. The monoisotopic (exact) mass is 210 g/mol. The number of hydrogen-bond donors (Lipinski definition) is 1. The molecule has 0 spiro atoms. The number of rotatable bonds is 4. The van der Waals surface area contributed by atoms with Gasteiger partial charge >= 0.3 is 5.97 Å². The zero-order chi connectivity index (χ0) is 11.3. The van der Waals surface area contributed by atoms with Gasteiger partial charge in [-0.2, -0.15) is 0 Å². The number of azide groups is 1. The SMILES string of the molecule is COC(=O)c1ccc(CO)n1CN=[N+]=[N-]. The van der Waals surface area contributed by atoms with Crippen molar-refractivity contribution in [2.24, 2.45) is 5.11 Å². The molecular weight excluding hydrogens is 200 g/mol. The molecule has 0 bridgehead atoms. The third-order valence-corrected chi connectivity index (χ3v) is 1.90. The van der Waals surface area contributed by atoms with Crippen molar-refractivity contribution in [3.05, 3.63) is 34.0 Å². The predicted molar refractivity (Wildman–Crippen MR) is 50.8 cm³/mol. The lowest BCUT2D eigenvalue weighted by Gasteiger charge is -2.07. The molecule has 15 heavy (non-hydrogen) atoms. The Bertz CT molecular complexity index is 406. The molecule has 80 valence electrons. The second-order valence-corrected chi connectivity index (χ2v) is 2.66. The van der Waals surface area contributed by atoms with Crippen molar-refractivity contribution in [2.75, 3.05) is 7.11 Å². The van der Waals surface area contributed by atoms with Gasteiger partial charge in [-0.15, -0.1) is 0 Å². The van der Waals surface area contributed by atoms with Gasteiger partial charge in [-0.05, 0) is 17.7 Å². The number of carbonyl (C=O) groups is 1. The highest BCUT2D eigenvalue weighted by molar-refractivity contribution is 5.87. The van der Waals surface area contributed by atoms with Crippen LogP contribution in [-0.2, 0) is 18.0 Å². The standard InChI is InChI=1S/C8H10N4O3/c1-15-8(14)7-3-2-6(4-13)12(7)5-10-11-9/h2-3,13H,4-5H2,1H3. The minimum atomic E-state index is -0.539. The first-order valence-electron chi connectivity index (χ1n) is 4.13. The van der Waals surface area contributed by atoms with Gasteiger partial charge in [0.1, 0.15) is 12.4 Å². The summed E-state index contributed by atoms with van der Waals surface area (Å²) in [5.41, 5.74) is 8.91. The summed E-state index contributed by atoms with van der Waals surface area (Å²) in [5.74, 6) is -0.539. The normalized spacial score (nSPS) is 9.47. The third kappa shape index (κ3) is 2.28. The smallest absolute Gasteiger partial charge is 0.354 e. The van der Waals surface area contributed by atoms with E-state index in [0.717, 1.165) is 0 Å². The molecule has 0 atom stereocenters. The van der Waals surface area contributed by atoms with Gasteiger partial charge in [-0.3, -0.25) is 0 Å². The van der Waals surface area contributed by atoms with Crippen molar-refractivity contribution in [1.82, 2.24) is 4.57 Å². The van der Waals surface area contributed by atoms with Gasteiger partial charge in [0.15, 0.2) is 0 Å². The highest BCUT2D eigenvalue weighted by Gasteiger charge is 2.13. The first-order valence-corrected chi connectivity index (χ1v) is 4.13. The Kier molecular flexibility index (Phi) is 3.73. The van der Waals surface area contributed by atoms with Crippen molar-refractivity contribution in [3.63, 3.8) is 0 Å². The van der Waals surface area contributed by atoms with Crippen LogP contribution in [0.3, 0.4) is 0 Å².